The molecule has 1 heterocycles. The molecule has 1 atom stereocenters. The fraction of sp³-hybridized carbons (Fsp3) is 0.409. The number of aliphatic hydroxyl groups excluding tert-OH is 1. The third-order valence-electron chi connectivity index (χ3n) is 4.79. The summed E-state index contributed by atoms with van der Waals surface area (Å²) in [7, 11) is 0. The molecule has 1 N–H and O–H groups in total. The van der Waals surface area contributed by atoms with Crippen LogP contribution in [0.15, 0.2) is 54.6 Å². The van der Waals surface area contributed by atoms with Crippen molar-refractivity contribution in [3.63, 3.8) is 0 Å². The zero-order chi connectivity index (χ0) is 19.8. The molecule has 28 heavy (non-hydrogen) atoms. The van der Waals surface area contributed by atoms with Crippen molar-refractivity contribution in [2.75, 3.05) is 39.3 Å². The average Bonchev–Trinajstić information content (AvgIpc) is 2.94. The standard InChI is InChI=1S/C22H28N2O4/c1-18-8-5-6-11-21(18)27-17-19(25)16-23-12-7-13-24(15-14-23)22(26)28-20-9-3-2-4-10-20/h2-6,8-11,19,25H,7,12-17H2,1H3. The lowest BCUT2D eigenvalue weighted by molar-refractivity contribution is 0.0691. The predicted molar refractivity (Wildman–Crippen MR) is 108 cm³/mol. The second-order valence-electron chi connectivity index (χ2n) is 7.05. The first-order valence-electron chi connectivity index (χ1n) is 9.72. The van der Waals surface area contributed by atoms with E-state index in [0.717, 1.165) is 24.3 Å². The predicted octanol–water partition coefficient (Wildman–Crippen LogP) is 2.94. The maximum absolute atomic E-state index is 12.4. The van der Waals surface area contributed by atoms with Gasteiger partial charge in [0.05, 0.1) is 0 Å². The zero-order valence-corrected chi connectivity index (χ0v) is 16.3. The third kappa shape index (κ3) is 5.97. The van der Waals surface area contributed by atoms with Crippen molar-refractivity contribution in [2.24, 2.45) is 0 Å². The molecule has 0 aromatic heterocycles. The molecule has 6 nitrogen and oxygen atoms in total. The summed E-state index contributed by atoms with van der Waals surface area (Å²) in [5, 5.41) is 10.3. The number of benzene rings is 2. The van der Waals surface area contributed by atoms with Crippen LogP contribution < -0.4 is 9.47 Å². The normalized spacial score (nSPS) is 16.3. The van der Waals surface area contributed by atoms with Crippen LogP contribution in [0.5, 0.6) is 11.5 Å². The molecule has 1 aliphatic heterocycles. The van der Waals surface area contributed by atoms with Gasteiger partial charge >= 0.3 is 6.09 Å². The van der Waals surface area contributed by atoms with E-state index in [1.165, 1.54) is 0 Å². The van der Waals surface area contributed by atoms with E-state index in [-0.39, 0.29) is 12.7 Å². The SMILES string of the molecule is Cc1ccccc1OCC(O)CN1CCCN(C(=O)Oc2ccccc2)CC1. The molecule has 3 rings (SSSR count). The van der Waals surface area contributed by atoms with E-state index in [2.05, 4.69) is 4.90 Å². The topological polar surface area (TPSA) is 62.2 Å². The molecule has 1 amide bonds. The van der Waals surface area contributed by atoms with Crippen molar-refractivity contribution in [2.45, 2.75) is 19.4 Å². The van der Waals surface area contributed by atoms with Gasteiger partial charge in [0.1, 0.15) is 24.2 Å². The van der Waals surface area contributed by atoms with Gasteiger partial charge in [0, 0.05) is 32.7 Å². The first-order valence-corrected chi connectivity index (χ1v) is 9.72. The number of carbonyl (C=O) groups excluding carboxylic acids is 1. The minimum absolute atomic E-state index is 0.251. The number of rotatable bonds is 6. The van der Waals surface area contributed by atoms with Crippen molar-refractivity contribution in [3.8, 4) is 11.5 Å². The molecular weight excluding hydrogens is 356 g/mol. The monoisotopic (exact) mass is 384 g/mol. The zero-order valence-electron chi connectivity index (χ0n) is 16.3. The number of β-amino-alcohol motifs (C(OH)–C–C–N with tert-alkyl or cyclic N) is 1. The Kier molecular flexibility index (Phi) is 7.28. The van der Waals surface area contributed by atoms with Crippen LogP contribution in [-0.2, 0) is 0 Å². The lowest BCUT2D eigenvalue weighted by Crippen LogP contribution is -2.40. The van der Waals surface area contributed by atoms with Gasteiger partial charge in [-0.2, -0.15) is 0 Å². The van der Waals surface area contributed by atoms with Gasteiger partial charge in [-0.1, -0.05) is 36.4 Å². The number of ether oxygens (including phenoxy) is 2. The molecule has 2 aromatic carbocycles. The molecule has 0 radical (unpaired) electrons. The van der Waals surface area contributed by atoms with Gasteiger partial charge in [-0.15, -0.1) is 0 Å². The third-order valence-corrected chi connectivity index (χ3v) is 4.79. The van der Waals surface area contributed by atoms with E-state index >= 15 is 0 Å². The second-order valence-corrected chi connectivity index (χ2v) is 7.05. The second kappa shape index (κ2) is 10.1. The van der Waals surface area contributed by atoms with Gasteiger partial charge in [-0.25, -0.2) is 4.79 Å². The van der Waals surface area contributed by atoms with Crippen molar-refractivity contribution in [1.82, 2.24) is 9.80 Å². The van der Waals surface area contributed by atoms with Gasteiger partial charge in [0.15, 0.2) is 0 Å². The Labute approximate surface area is 166 Å². The highest BCUT2D eigenvalue weighted by Crippen LogP contribution is 2.16. The summed E-state index contributed by atoms with van der Waals surface area (Å²) in [6, 6.07) is 16.9. The minimum atomic E-state index is -0.581. The molecule has 2 aromatic rings. The quantitative estimate of drug-likeness (QED) is 0.830. The Balaban J connectivity index is 1.43. The van der Waals surface area contributed by atoms with Crippen LogP contribution >= 0.6 is 0 Å². The Morgan fingerprint density at radius 3 is 2.57 bits per heavy atom. The Morgan fingerprint density at radius 1 is 1.04 bits per heavy atom. The number of nitrogens with zero attached hydrogens (tertiary/aromatic N) is 2. The number of carbonyl (C=O) groups is 1. The Hall–Kier alpha value is -2.57. The fourth-order valence-corrected chi connectivity index (χ4v) is 3.25. The highest BCUT2D eigenvalue weighted by atomic mass is 16.6. The summed E-state index contributed by atoms with van der Waals surface area (Å²) in [6.07, 6.45) is -0.0613. The van der Waals surface area contributed by atoms with Crippen LogP contribution in [0.25, 0.3) is 0 Å². The van der Waals surface area contributed by atoms with Gasteiger partial charge < -0.3 is 19.5 Å². The lowest BCUT2D eigenvalue weighted by atomic mass is 10.2. The summed E-state index contributed by atoms with van der Waals surface area (Å²) >= 11 is 0. The van der Waals surface area contributed by atoms with Gasteiger partial charge in [0.2, 0.25) is 0 Å². The van der Waals surface area contributed by atoms with Crippen molar-refractivity contribution < 1.29 is 19.4 Å². The van der Waals surface area contributed by atoms with Crippen LogP contribution in [0.2, 0.25) is 0 Å². The molecule has 0 spiro atoms. The number of amides is 1. The molecule has 1 fully saturated rings. The van der Waals surface area contributed by atoms with Crippen LogP contribution in [0, 0.1) is 6.92 Å². The van der Waals surface area contributed by atoms with Gasteiger partial charge in [-0.05, 0) is 37.1 Å². The molecular formula is C22H28N2O4. The smallest absolute Gasteiger partial charge is 0.415 e. The fourth-order valence-electron chi connectivity index (χ4n) is 3.25. The van der Waals surface area contributed by atoms with Crippen molar-refractivity contribution in [1.29, 1.82) is 0 Å². The largest absolute Gasteiger partial charge is 0.491 e. The molecule has 0 saturated carbocycles. The molecule has 1 saturated heterocycles. The van der Waals surface area contributed by atoms with E-state index in [4.69, 9.17) is 9.47 Å². The van der Waals surface area contributed by atoms with Gasteiger partial charge in [0.25, 0.3) is 0 Å². The van der Waals surface area contributed by atoms with E-state index < -0.39 is 6.10 Å². The maximum Gasteiger partial charge on any atom is 0.415 e. The molecule has 6 heteroatoms. The van der Waals surface area contributed by atoms with E-state index in [1.807, 2.05) is 49.4 Å². The molecule has 1 aliphatic rings. The van der Waals surface area contributed by atoms with Gasteiger partial charge in [-0.3, -0.25) is 4.90 Å². The molecule has 0 aliphatic carbocycles. The van der Waals surface area contributed by atoms with Crippen LogP contribution in [0.3, 0.4) is 0 Å². The van der Waals surface area contributed by atoms with E-state index in [1.54, 1.807) is 17.0 Å². The average molecular weight is 384 g/mol. The first-order chi connectivity index (χ1) is 13.6. The lowest BCUT2D eigenvalue weighted by Gasteiger charge is -2.24. The first kappa shape index (κ1) is 20.2. The van der Waals surface area contributed by atoms with Crippen molar-refractivity contribution >= 4 is 6.09 Å². The summed E-state index contributed by atoms with van der Waals surface area (Å²) in [4.78, 5) is 16.2. The summed E-state index contributed by atoms with van der Waals surface area (Å²) in [5.41, 5.74) is 1.05. The maximum atomic E-state index is 12.4. The highest BCUT2D eigenvalue weighted by molar-refractivity contribution is 5.70. The number of para-hydroxylation sites is 2. The Morgan fingerprint density at radius 2 is 1.79 bits per heavy atom. The molecule has 150 valence electrons. The van der Waals surface area contributed by atoms with Crippen molar-refractivity contribution in [3.05, 3.63) is 60.2 Å². The number of hydrogen-bond acceptors (Lipinski definition) is 5. The van der Waals surface area contributed by atoms with Crippen LogP contribution in [0.1, 0.15) is 12.0 Å². The highest BCUT2D eigenvalue weighted by Gasteiger charge is 2.22. The van der Waals surface area contributed by atoms with E-state index in [9.17, 15) is 9.90 Å². The van der Waals surface area contributed by atoms with Crippen LogP contribution in [0.4, 0.5) is 4.79 Å². The van der Waals surface area contributed by atoms with E-state index in [0.29, 0.717) is 31.9 Å². The summed E-state index contributed by atoms with van der Waals surface area (Å²) in [5.74, 6) is 1.35. The minimum Gasteiger partial charge on any atom is -0.491 e. The Bertz CT molecular complexity index is 753. The van der Waals surface area contributed by atoms with Crippen LogP contribution in [-0.4, -0.2) is 66.4 Å². The summed E-state index contributed by atoms with van der Waals surface area (Å²) in [6.45, 7) is 5.52. The number of aryl methyl sites for hydroxylation is 1. The number of aliphatic hydroxyl groups is 1. The number of hydrogen-bond donors (Lipinski definition) is 1. The molecule has 0 bridgehead atoms. The molecule has 1 unspecified atom stereocenters. The summed E-state index contributed by atoms with van der Waals surface area (Å²) < 4.78 is 11.2.